The molecule has 2 heterocycles. The van der Waals surface area contributed by atoms with E-state index in [0.29, 0.717) is 50.1 Å². The molecule has 2 unspecified atom stereocenters. The minimum Gasteiger partial charge on any atom is -0.486 e. The zero-order valence-corrected chi connectivity index (χ0v) is 16.3. The molecule has 1 fully saturated rings. The second-order valence-corrected chi connectivity index (χ2v) is 8.01. The number of anilines is 1. The number of fused-ring (bicyclic) bond motifs is 1. The van der Waals surface area contributed by atoms with Crippen LogP contribution < -0.4 is 25.4 Å². The number of ether oxygens (including phenoxy) is 2. The van der Waals surface area contributed by atoms with Crippen LogP contribution >= 0.6 is 0 Å². The number of hydrogen-bond donors (Lipinski definition) is 2. The van der Waals surface area contributed by atoms with Crippen LogP contribution in [0.2, 0.25) is 0 Å². The fraction of sp³-hybridized carbons (Fsp3) is 0.600. The molecule has 27 heavy (non-hydrogen) atoms. The van der Waals surface area contributed by atoms with Crippen molar-refractivity contribution in [3.63, 3.8) is 0 Å². The SMILES string of the molecule is CC(C)CC(C)(CN)NC(=O)C1CCN(c2ccc3c(c2)OCCO3)C1=O. The Labute approximate surface area is 160 Å². The molecule has 0 aromatic heterocycles. The molecular weight excluding hydrogens is 346 g/mol. The summed E-state index contributed by atoms with van der Waals surface area (Å²) >= 11 is 0. The van der Waals surface area contributed by atoms with Gasteiger partial charge in [0.1, 0.15) is 19.1 Å². The van der Waals surface area contributed by atoms with Crippen LogP contribution in [0.25, 0.3) is 0 Å². The van der Waals surface area contributed by atoms with Crippen molar-refractivity contribution in [1.29, 1.82) is 0 Å². The molecule has 2 aliphatic rings. The van der Waals surface area contributed by atoms with E-state index in [1.807, 2.05) is 13.0 Å². The van der Waals surface area contributed by atoms with Crippen LogP contribution in [-0.2, 0) is 9.59 Å². The summed E-state index contributed by atoms with van der Waals surface area (Å²) in [4.78, 5) is 27.3. The van der Waals surface area contributed by atoms with Gasteiger partial charge in [-0.05, 0) is 37.8 Å². The van der Waals surface area contributed by atoms with Crippen molar-refractivity contribution >= 4 is 17.5 Å². The lowest BCUT2D eigenvalue weighted by Gasteiger charge is -2.32. The molecule has 2 aliphatic heterocycles. The number of carbonyl (C=O) groups is 2. The number of nitrogens with zero attached hydrogens (tertiary/aromatic N) is 1. The Morgan fingerprint density at radius 3 is 2.70 bits per heavy atom. The van der Waals surface area contributed by atoms with Gasteiger partial charge in [-0.15, -0.1) is 0 Å². The third-order valence-corrected chi connectivity index (χ3v) is 5.09. The van der Waals surface area contributed by atoms with Crippen LogP contribution in [0.3, 0.4) is 0 Å². The van der Waals surface area contributed by atoms with E-state index in [4.69, 9.17) is 15.2 Å². The first kappa shape index (κ1) is 19.5. The summed E-state index contributed by atoms with van der Waals surface area (Å²) in [5.74, 6) is 0.593. The first-order chi connectivity index (χ1) is 12.8. The summed E-state index contributed by atoms with van der Waals surface area (Å²) in [5, 5.41) is 3.01. The molecule has 2 atom stereocenters. The van der Waals surface area contributed by atoms with Crippen LogP contribution in [0.5, 0.6) is 11.5 Å². The molecule has 148 valence electrons. The van der Waals surface area contributed by atoms with E-state index in [1.54, 1.807) is 17.0 Å². The fourth-order valence-corrected chi connectivity index (χ4v) is 3.85. The normalized spacial score (nSPS) is 21.3. The van der Waals surface area contributed by atoms with Crippen LogP contribution in [-0.4, -0.2) is 43.7 Å². The lowest BCUT2D eigenvalue weighted by molar-refractivity contribution is -0.133. The van der Waals surface area contributed by atoms with E-state index in [2.05, 4.69) is 19.2 Å². The number of nitrogens with one attached hydrogen (secondary N) is 1. The van der Waals surface area contributed by atoms with Gasteiger partial charge in [0.15, 0.2) is 11.5 Å². The molecule has 0 bridgehead atoms. The Kier molecular flexibility index (Phi) is 5.60. The molecule has 1 aromatic carbocycles. The third-order valence-electron chi connectivity index (χ3n) is 5.09. The number of nitrogens with two attached hydrogens (primary N) is 1. The monoisotopic (exact) mass is 375 g/mol. The molecular formula is C20H29N3O4. The van der Waals surface area contributed by atoms with Gasteiger partial charge in [0.25, 0.3) is 0 Å². The Morgan fingerprint density at radius 2 is 2.04 bits per heavy atom. The first-order valence-electron chi connectivity index (χ1n) is 9.56. The lowest BCUT2D eigenvalue weighted by Crippen LogP contribution is -2.54. The zero-order valence-electron chi connectivity index (χ0n) is 16.3. The topological polar surface area (TPSA) is 93.9 Å². The van der Waals surface area contributed by atoms with Gasteiger partial charge < -0.3 is 25.4 Å². The number of amides is 2. The summed E-state index contributed by atoms with van der Waals surface area (Å²) in [5.41, 5.74) is 6.11. The maximum atomic E-state index is 12.9. The standard InChI is InChI=1S/C20H29N3O4/c1-13(2)11-20(3,12-21)22-18(24)15-6-7-23(19(15)25)14-4-5-16-17(10-14)27-9-8-26-16/h4-5,10,13,15H,6-9,11-12,21H2,1-3H3,(H,22,24). The summed E-state index contributed by atoms with van der Waals surface area (Å²) in [6.07, 6.45) is 1.25. The summed E-state index contributed by atoms with van der Waals surface area (Å²) < 4.78 is 11.1. The van der Waals surface area contributed by atoms with Gasteiger partial charge in [0.05, 0.1) is 0 Å². The Balaban J connectivity index is 1.70. The van der Waals surface area contributed by atoms with Gasteiger partial charge in [-0.25, -0.2) is 0 Å². The molecule has 7 nitrogen and oxygen atoms in total. The molecule has 0 aliphatic carbocycles. The molecule has 3 N–H and O–H groups in total. The highest BCUT2D eigenvalue weighted by Crippen LogP contribution is 2.36. The van der Waals surface area contributed by atoms with Crippen molar-refractivity contribution in [2.75, 3.05) is 31.2 Å². The Hall–Kier alpha value is -2.28. The average Bonchev–Trinajstić information content (AvgIpc) is 3.02. The summed E-state index contributed by atoms with van der Waals surface area (Å²) in [6.45, 7) is 7.96. The van der Waals surface area contributed by atoms with Crippen molar-refractivity contribution < 1.29 is 19.1 Å². The zero-order chi connectivity index (χ0) is 19.6. The van der Waals surface area contributed by atoms with Crippen LogP contribution in [0, 0.1) is 11.8 Å². The highest BCUT2D eigenvalue weighted by Gasteiger charge is 2.40. The molecule has 0 radical (unpaired) electrons. The summed E-state index contributed by atoms with van der Waals surface area (Å²) in [7, 11) is 0. The second-order valence-electron chi connectivity index (χ2n) is 8.01. The first-order valence-corrected chi connectivity index (χ1v) is 9.56. The molecule has 1 saturated heterocycles. The van der Waals surface area contributed by atoms with Crippen molar-refractivity contribution in [1.82, 2.24) is 5.32 Å². The van der Waals surface area contributed by atoms with Crippen LogP contribution in [0.4, 0.5) is 5.69 Å². The third kappa shape index (κ3) is 4.18. The van der Waals surface area contributed by atoms with Gasteiger partial charge in [0.2, 0.25) is 11.8 Å². The van der Waals surface area contributed by atoms with E-state index in [9.17, 15) is 9.59 Å². The summed E-state index contributed by atoms with van der Waals surface area (Å²) in [6, 6.07) is 5.43. The van der Waals surface area contributed by atoms with Gasteiger partial charge in [0, 0.05) is 30.4 Å². The molecule has 0 spiro atoms. The van der Waals surface area contributed by atoms with Crippen molar-refractivity contribution in [2.24, 2.45) is 17.6 Å². The van der Waals surface area contributed by atoms with Gasteiger partial charge >= 0.3 is 0 Å². The van der Waals surface area contributed by atoms with E-state index >= 15 is 0 Å². The highest BCUT2D eigenvalue weighted by molar-refractivity contribution is 6.09. The quantitative estimate of drug-likeness (QED) is 0.738. The van der Waals surface area contributed by atoms with E-state index < -0.39 is 11.5 Å². The van der Waals surface area contributed by atoms with Crippen LogP contribution in [0.15, 0.2) is 18.2 Å². The van der Waals surface area contributed by atoms with Gasteiger partial charge in [-0.3, -0.25) is 9.59 Å². The number of rotatable bonds is 6. The smallest absolute Gasteiger partial charge is 0.239 e. The molecule has 7 heteroatoms. The molecule has 2 amide bonds. The van der Waals surface area contributed by atoms with E-state index in [-0.39, 0.29) is 11.8 Å². The van der Waals surface area contributed by atoms with Crippen molar-refractivity contribution in [2.45, 2.75) is 39.2 Å². The van der Waals surface area contributed by atoms with Crippen molar-refractivity contribution in [3.8, 4) is 11.5 Å². The number of benzene rings is 1. The number of carbonyl (C=O) groups excluding carboxylic acids is 2. The minimum atomic E-state index is -0.684. The Bertz CT molecular complexity index is 721. The fourth-order valence-electron chi connectivity index (χ4n) is 3.85. The maximum absolute atomic E-state index is 12.9. The minimum absolute atomic E-state index is 0.187. The van der Waals surface area contributed by atoms with Gasteiger partial charge in [-0.1, -0.05) is 13.8 Å². The molecule has 1 aromatic rings. The van der Waals surface area contributed by atoms with E-state index in [1.165, 1.54) is 0 Å². The molecule has 3 rings (SSSR count). The predicted octanol–water partition coefficient (Wildman–Crippen LogP) is 1.69. The van der Waals surface area contributed by atoms with Crippen molar-refractivity contribution in [3.05, 3.63) is 18.2 Å². The predicted molar refractivity (Wildman–Crippen MR) is 103 cm³/mol. The molecule has 0 saturated carbocycles. The van der Waals surface area contributed by atoms with E-state index in [0.717, 1.165) is 12.1 Å². The Morgan fingerprint density at radius 1 is 1.33 bits per heavy atom. The second kappa shape index (κ2) is 7.76. The maximum Gasteiger partial charge on any atom is 0.239 e. The highest BCUT2D eigenvalue weighted by atomic mass is 16.6. The lowest BCUT2D eigenvalue weighted by atomic mass is 9.90. The largest absolute Gasteiger partial charge is 0.486 e. The number of hydrogen-bond acceptors (Lipinski definition) is 5. The van der Waals surface area contributed by atoms with Crippen LogP contribution in [0.1, 0.15) is 33.6 Å². The van der Waals surface area contributed by atoms with Gasteiger partial charge in [-0.2, -0.15) is 0 Å². The average molecular weight is 375 g/mol.